The number of hydrogen-bond acceptors (Lipinski definition) is 5. The number of carbonyl (C=O) groups is 2. The molecule has 0 fully saturated rings. The lowest BCUT2D eigenvalue weighted by atomic mass is 10.1. The molecule has 0 saturated heterocycles. The minimum Gasteiger partial charge on any atom is -0.504 e. The van der Waals surface area contributed by atoms with Crippen LogP contribution in [-0.2, 0) is 4.79 Å². The largest absolute Gasteiger partial charge is 0.504 e. The van der Waals surface area contributed by atoms with Gasteiger partial charge in [-0.15, -0.1) is 0 Å². The van der Waals surface area contributed by atoms with Crippen LogP contribution >= 0.6 is 0 Å². The standard InChI is InChI=1S/C12H12O6/c1-6(2)12(16)18-9-7(11(14)15)4-5-8(13)10(9)17-3/h4-5,13H,1H2,2-3H3,(H,14,15). The minimum absolute atomic E-state index is 0.0942. The Morgan fingerprint density at radius 2 is 1.89 bits per heavy atom. The van der Waals surface area contributed by atoms with E-state index in [1.54, 1.807) is 0 Å². The monoisotopic (exact) mass is 252 g/mol. The first-order valence-electron chi connectivity index (χ1n) is 4.89. The van der Waals surface area contributed by atoms with E-state index in [1.165, 1.54) is 14.0 Å². The first-order valence-corrected chi connectivity index (χ1v) is 4.89. The lowest BCUT2D eigenvalue weighted by Gasteiger charge is -2.12. The van der Waals surface area contributed by atoms with E-state index in [0.29, 0.717) is 0 Å². The molecule has 0 amide bonds. The van der Waals surface area contributed by atoms with Crippen LogP contribution in [-0.4, -0.2) is 29.3 Å². The Hall–Kier alpha value is -2.50. The fourth-order valence-electron chi connectivity index (χ4n) is 1.20. The smallest absolute Gasteiger partial charge is 0.339 e. The van der Waals surface area contributed by atoms with Crippen LogP contribution in [0.5, 0.6) is 17.2 Å². The number of benzene rings is 1. The maximum Gasteiger partial charge on any atom is 0.339 e. The highest BCUT2D eigenvalue weighted by Crippen LogP contribution is 2.39. The normalized spacial score (nSPS) is 9.67. The van der Waals surface area contributed by atoms with Crippen molar-refractivity contribution in [2.24, 2.45) is 0 Å². The molecule has 1 aromatic rings. The van der Waals surface area contributed by atoms with Gasteiger partial charge in [0.05, 0.1) is 7.11 Å². The molecule has 0 aliphatic heterocycles. The van der Waals surface area contributed by atoms with Crippen molar-refractivity contribution in [1.82, 2.24) is 0 Å². The van der Waals surface area contributed by atoms with Crippen LogP contribution in [0.1, 0.15) is 17.3 Å². The van der Waals surface area contributed by atoms with Gasteiger partial charge in [0.1, 0.15) is 5.56 Å². The molecule has 2 N–H and O–H groups in total. The molecule has 0 bridgehead atoms. The summed E-state index contributed by atoms with van der Waals surface area (Å²) in [6.45, 7) is 4.79. The number of phenolic OH excluding ortho intramolecular Hbond substituents is 1. The number of esters is 1. The van der Waals surface area contributed by atoms with Crippen LogP contribution in [0.3, 0.4) is 0 Å². The molecule has 6 heteroatoms. The molecule has 0 unspecified atom stereocenters. The van der Waals surface area contributed by atoms with E-state index in [2.05, 4.69) is 6.58 Å². The summed E-state index contributed by atoms with van der Waals surface area (Å²) in [6, 6.07) is 2.25. The fraction of sp³-hybridized carbons (Fsp3) is 0.167. The highest BCUT2D eigenvalue weighted by molar-refractivity contribution is 5.96. The average molecular weight is 252 g/mol. The molecule has 0 spiro atoms. The van der Waals surface area contributed by atoms with E-state index in [9.17, 15) is 14.7 Å². The Kier molecular flexibility index (Phi) is 3.93. The van der Waals surface area contributed by atoms with E-state index in [0.717, 1.165) is 12.1 Å². The number of phenols is 1. The third-order valence-corrected chi connectivity index (χ3v) is 2.07. The van der Waals surface area contributed by atoms with Crippen molar-refractivity contribution >= 4 is 11.9 Å². The van der Waals surface area contributed by atoms with Gasteiger partial charge in [0, 0.05) is 5.57 Å². The van der Waals surface area contributed by atoms with Gasteiger partial charge in [-0.1, -0.05) is 6.58 Å². The molecule has 0 aliphatic carbocycles. The molecule has 0 heterocycles. The maximum atomic E-state index is 11.4. The van der Waals surface area contributed by atoms with Crippen molar-refractivity contribution in [3.05, 3.63) is 29.8 Å². The molecule has 1 aromatic carbocycles. The first kappa shape index (κ1) is 13.6. The number of carboxylic acids is 1. The van der Waals surface area contributed by atoms with Gasteiger partial charge in [-0.2, -0.15) is 0 Å². The van der Waals surface area contributed by atoms with Crippen molar-refractivity contribution in [2.75, 3.05) is 7.11 Å². The topological polar surface area (TPSA) is 93.1 Å². The van der Waals surface area contributed by atoms with E-state index in [4.69, 9.17) is 14.6 Å². The summed E-state index contributed by atoms with van der Waals surface area (Å²) in [4.78, 5) is 22.4. The van der Waals surface area contributed by atoms with Crippen LogP contribution in [0.4, 0.5) is 0 Å². The van der Waals surface area contributed by atoms with Gasteiger partial charge in [-0.25, -0.2) is 9.59 Å². The number of carboxylic acid groups (broad SMARTS) is 1. The second kappa shape index (κ2) is 5.22. The number of carbonyl (C=O) groups excluding carboxylic acids is 1. The van der Waals surface area contributed by atoms with Gasteiger partial charge in [-0.05, 0) is 19.1 Å². The second-order valence-corrected chi connectivity index (χ2v) is 3.47. The highest BCUT2D eigenvalue weighted by Gasteiger charge is 2.22. The van der Waals surface area contributed by atoms with Gasteiger partial charge < -0.3 is 19.7 Å². The predicted molar refractivity (Wildman–Crippen MR) is 62.1 cm³/mol. The Balaban J connectivity index is 3.36. The SMILES string of the molecule is C=C(C)C(=O)Oc1c(C(=O)O)ccc(O)c1OC. The summed E-state index contributed by atoms with van der Waals surface area (Å²) in [5.74, 6) is -3.01. The summed E-state index contributed by atoms with van der Waals surface area (Å²) in [5, 5.41) is 18.5. The zero-order chi connectivity index (χ0) is 13.9. The second-order valence-electron chi connectivity index (χ2n) is 3.47. The van der Waals surface area contributed by atoms with Gasteiger partial charge in [-0.3, -0.25) is 0 Å². The third kappa shape index (κ3) is 2.60. The molecule has 96 valence electrons. The van der Waals surface area contributed by atoms with Gasteiger partial charge in [0.2, 0.25) is 5.75 Å². The fourth-order valence-corrected chi connectivity index (χ4v) is 1.20. The maximum absolute atomic E-state index is 11.4. The number of hydrogen-bond donors (Lipinski definition) is 2. The van der Waals surface area contributed by atoms with E-state index in [1.807, 2.05) is 0 Å². The van der Waals surface area contributed by atoms with Crippen molar-refractivity contribution in [1.29, 1.82) is 0 Å². The number of ether oxygens (including phenoxy) is 2. The van der Waals surface area contributed by atoms with E-state index in [-0.39, 0.29) is 28.4 Å². The molecule has 6 nitrogen and oxygen atoms in total. The van der Waals surface area contributed by atoms with Crippen molar-refractivity contribution < 1.29 is 29.3 Å². The van der Waals surface area contributed by atoms with Crippen molar-refractivity contribution in [2.45, 2.75) is 6.92 Å². The van der Waals surface area contributed by atoms with E-state index < -0.39 is 11.9 Å². The number of aromatic carboxylic acids is 1. The van der Waals surface area contributed by atoms with Gasteiger partial charge >= 0.3 is 11.9 Å². The molecular weight excluding hydrogens is 240 g/mol. The minimum atomic E-state index is -1.31. The number of aromatic hydroxyl groups is 1. The third-order valence-electron chi connectivity index (χ3n) is 2.07. The highest BCUT2D eigenvalue weighted by atomic mass is 16.6. The average Bonchev–Trinajstić information content (AvgIpc) is 2.28. The summed E-state index contributed by atoms with van der Waals surface area (Å²) >= 11 is 0. The lowest BCUT2D eigenvalue weighted by Crippen LogP contribution is -2.12. The molecule has 1 rings (SSSR count). The van der Waals surface area contributed by atoms with Crippen LogP contribution in [0.15, 0.2) is 24.3 Å². The number of methoxy groups -OCH3 is 1. The molecule has 0 saturated carbocycles. The molecule has 18 heavy (non-hydrogen) atoms. The van der Waals surface area contributed by atoms with Crippen LogP contribution < -0.4 is 9.47 Å². The molecular formula is C12H12O6. The van der Waals surface area contributed by atoms with Gasteiger partial charge in [0.15, 0.2) is 11.5 Å². The summed E-state index contributed by atoms with van der Waals surface area (Å²) in [5.41, 5.74) is -0.198. The Morgan fingerprint density at radius 3 is 2.33 bits per heavy atom. The predicted octanol–water partition coefficient (Wildman–Crippen LogP) is 1.58. The van der Waals surface area contributed by atoms with Gasteiger partial charge in [0.25, 0.3) is 0 Å². The summed E-state index contributed by atoms with van der Waals surface area (Å²) < 4.78 is 9.69. The zero-order valence-corrected chi connectivity index (χ0v) is 9.89. The van der Waals surface area contributed by atoms with Crippen molar-refractivity contribution in [3.8, 4) is 17.2 Å². The Labute approximate surface area is 103 Å². The summed E-state index contributed by atoms with van der Waals surface area (Å²) in [7, 11) is 1.22. The summed E-state index contributed by atoms with van der Waals surface area (Å²) in [6.07, 6.45) is 0. The molecule has 0 aliphatic rings. The lowest BCUT2D eigenvalue weighted by molar-refractivity contribution is -0.130. The zero-order valence-electron chi connectivity index (χ0n) is 9.89. The first-order chi connectivity index (χ1) is 8.38. The van der Waals surface area contributed by atoms with Crippen LogP contribution in [0.25, 0.3) is 0 Å². The number of rotatable bonds is 4. The Bertz CT molecular complexity index is 518. The quantitative estimate of drug-likeness (QED) is 0.480. The molecule has 0 atom stereocenters. The van der Waals surface area contributed by atoms with E-state index >= 15 is 0 Å². The Morgan fingerprint density at radius 1 is 1.28 bits per heavy atom. The molecule has 0 aromatic heterocycles. The van der Waals surface area contributed by atoms with Crippen molar-refractivity contribution in [3.63, 3.8) is 0 Å². The van der Waals surface area contributed by atoms with Crippen LogP contribution in [0, 0.1) is 0 Å². The van der Waals surface area contributed by atoms with Crippen LogP contribution in [0.2, 0.25) is 0 Å². The molecule has 0 radical (unpaired) electrons.